The number of furan rings is 1. The number of carbonyl (C=O) groups excluding carboxylic acids is 1. The molecule has 22 heavy (non-hydrogen) atoms. The fraction of sp³-hybridized carbons (Fsp3) is 0.500. The highest BCUT2D eigenvalue weighted by molar-refractivity contribution is 7.13. The molecule has 0 N–H and O–H groups in total. The van der Waals surface area contributed by atoms with E-state index in [4.69, 9.17) is 4.42 Å². The van der Waals surface area contributed by atoms with Crippen molar-refractivity contribution < 1.29 is 9.21 Å². The molecule has 2 aromatic rings. The number of aromatic nitrogens is 1. The molecule has 1 aliphatic heterocycles. The third-order valence-corrected chi connectivity index (χ3v) is 5.35. The summed E-state index contributed by atoms with van der Waals surface area (Å²) in [4.78, 5) is 21.4. The zero-order valence-corrected chi connectivity index (χ0v) is 13.2. The highest BCUT2D eigenvalue weighted by Crippen LogP contribution is 2.48. The van der Waals surface area contributed by atoms with Gasteiger partial charge in [-0.05, 0) is 25.0 Å². The van der Waals surface area contributed by atoms with Crippen LogP contribution in [0.25, 0.3) is 0 Å². The van der Waals surface area contributed by atoms with Crippen molar-refractivity contribution in [1.82, 2.24) is 9.88 Å². The lowest BCUT2D eigenvalue weighted by molar-refractivity contribution is -0.132. The first kappa shape index (κ1) is 13.8. The largest absolute Gasteiger partial charge is 0.469 e. The lowest BCUT2D eigenvalue weighted by atomic mass is 10.2. The van der Waals surface area contributed by atoms with E-state index >= 15 is 0 Å². The van der Waals surface area contributed by atoms with Crippen LogP contribution in [0.2, 0.25) is 0 Å². The molecule has 3 heterocycles. The molecule has 0 aromatic carbocycles. The van der Waals surface area contributed by atoms with Gasteiger partial charge in [0.05, 0.1) is 6.26 Å². The summed E-state index contributed by atoms with van der Waals surface area (Å²) in [7, 11) is 0. The normalized spacial score (nSPS) is 25.1. The summed E-state index contributed by atoms with van der Waals surface area (Å²) < 4.78 is 5.43. The van der Waals surface area contributed by atoms with Crippen LogP contribution in [-0.2, 0) is 4.79 Å². The zero-order chi connectivity index (χ0) is 14.9. The first-order valence-corrected chi connectivity index (χ1v) is 8.67. The molecule has 5 nitrogen and oxygen atoms in total. The molecule has 2 fully saturated rings. The Balaban J connectivity index is 1.37. The van der Waals surface area contributed by atoms with Crippen LogP contribution < -0.4 is 4.90 Å². The van der Waals surface area contributed by atoms with E-state index in [0.717, 1.165) is 49.9 Å². The Morgan fingerprint density at radius 2 is 2.27 bits per heavy atom. The Morgan fingerprint density at radius 1 is 1.32 bits per heavy atom. The maximum Gasteiger partial charge on any atom is 0.226 e. The second-order valence-corrected chi connectivity index (χ2v) is 6.82. The van der Waals surface area contributed by atoms with E-state index in [0.29, 0.717) is 11.8 Å². The van der Waals surface area contributed by atoms with Crippen molar-refractivity contribution in [3.8, 4) is 0 Å². The van der Waals surface area contributed by atoms with E-state index in [2.05, 4.69) is 9.88 Å². The standard InChI is InChI=1S/C16H19N3O2S/c20-15(13-11-12(13)14-3-1-9-21-14)18-5-2-6-19(8-7-18)16-17-4-10-22-16/h1,3-4,9-10,12-13H,2,5-8,11H2/t12-,13+/m1/s1. The summed E-state index contributed by atoms with van der Waals surface area (Å²) in [6.45, 7) is 3.49. The van der Waals surface area contributed by atoms with E-state index in [1.54, 1.807) is 17.6 Å². The van der Waals surface area contributed by atoms with Crippen LogP contribution in [-0.4, -0.2) is 42.0 Å². The number of amides is 1. The number of rotatable bonds is 3. The molecular formula is C16H19N3O2S. The molecule has 6 heteroatoms. The van der Waals surface area contributed by atoms with Crippen LogP contribution in [0.5, 0.6) is 0 Å². The topological polar surface area (TPSA) is 49.6 Å². The number of nitrogens with zero attached hydrogens (tertiary/aromatic N) is 3. The molecule has 1 saturated carbocycles. The van der Waals surface area contributed by atoms with Gasteiger partial charge in [0.15, 0.2) is 5.13 Å². The van der Waals surface area contributed by atoms with Crippen molar-refractivity contribution >= 4 is 22.4 Å². The van der Waals surface area contributed by atoms with Gasteiger partial charge in [0, 0.05) is 49.6 Å². The van der Waals surface area contributed by atoms with Crippen LogP contribution >= 0.6 is 11.3 Å². The number of carbonyl (C=O) groups is 1. The SMILES string of the molecule is O=C([C@H]1C[C@H]1c1ccco1)N1CCCN(c2nccs2)CC1. The summed E-state index contributed by atoms with van der Waals surface area (Å²) in [5.41, 5.74) is 0. The molecule has 1 amide bonds. The van der Waals surface area contributed by atoms with Crippen molar-refractivity contribution in [3.05, 3.63) is 35.7 Å². The molecule has 2 atom stereocenters. The minimum absolute atomic E-state index is 0.123. The van der Waals surface area contributed by atoms with E-state index in [1.807, 2.05) is 28.6 Å². The number of hydrogen-bond acceptors (Lipinski definition) is 5. The second-order valence-electron chi connectivity index (χ2n) is 5.94. The Morgan fingerprint density at radius 3 is 3.05 bits per heavy atom. The lowest BCUT2D eigenvalue weighted by Crippen LogP contribution is -2.36. The van der Waals surface area contributed by atoms with Gasteiger partial charge in [-0.25, -0.2) is 4.98 Å². The fourth-order valence-electron chi connectivity index (χ4n) is 3.22. The van der Waals surface area contributed by atoms with Crippen LogP contribution in [0.4, 0.5) is 5.13 Å². The van der Waals surface area contributed by atoms with E-state index < -0.39 is 0 Å². The molecule has 116 valence electrons. The maximum absolute atomic E-state index is 12.7. The van der Waals surface area contributed by atoms with Gasteiger partial charge < -0.3 is 14.2 Å². The molecule has 0 unspecified atom stereocenters. The molecular weight excluding hydrogens is 298 g/mol. The average molecular weight is 317 g/mol. The van der Waals surface area contributed by atoms with Gasteiger partial charge in [-0.3, -0.25) is 4.79 Å². The first-order valence-electron chi connectivity index (χ1n) is 7.79. The smallest absolute Gasteiger partial charge is 0.226 e. The van der Waals surface area contributed by atoms with Gasteiger partial charge in [0.1, 0.15) is 5.76 Å². The maximum atomic E-state index is 12.7. The summed E-state index contributed by atoms with van der Waals surface area (Å²) in [6.07, 6.45) is 5.46. The molecule has 0 spiro atoms. The van der Waals surface area contributed by atoms with Crippen molar-refractivity contribution in [2.24, 2.45) is 5.92 Å². The van der Waals surface area contributed by atoms with Gasteiger partial charge in [-0.1, -0.05) is 0 Å². The molecule has 2 aliphatic rings. The van der Waals surface area contributed by atoms with E-state index in [1.165, 1.54) is 0 Å². The molecule has 1 saturated heterocycles. The molecule has 4 rings (SSSR count). The van der Waals surface area contributed by atoms with Gasteiger partial charge in [0.25, 0.3) is 0 Å². The van der Waals surface area contributed by atoms with E-state index in [9.17, 15) is 4.79 Å². The van der Waals surface area contributed by atoms with Crippen molar-refractivity contribution in [2.45, 2.75) is 18.8 Å². The Hall–Kier alpha value is -1.82. The van der Waals surface area contributed by atoms with Gasteiger partial charge in [-0.15, -0.1) is 11.3 Å². The molecule has 0 bridgehead atoms. The third-order valence-electron chi connectivity index (χ3n) is 4.51. The highest BCUT2D eigenvalue weighted by Gasteiger charge is 2.47. The third kappa shape index (κ3) is 2.63. The molecule has 2 aromatic heterocycles. The summed E-state index contributed by atoms with van der Waals surface area (Å²) in [5.74, 6) is 1.67. The van der Waals surface area contributed by atoms with Gasteiger partial charge in [-0.2, -0.15) is 0 Å². The second kappa shape index (κ2) is 5.76. The summed E-state index contributed by atoms with van der Waals surface area (Å²) >= 11 is 1.66. The van der Waals surface area contributed by atoms with Gasteiger partial charge >= 0.3 is 0 Å². The monoisotopic (exact) mass is 317 g/mol. The van der Waals surface area contributed by atoms with Crippen LogP contribution in [0.3, 0.4) is 0 Å². The summed E-state index contributed by atoms with van der Waals surface area (Å²) in [6, 6.07) is 3.87. The molecule has 0 radical (unpaired) electrons. The lowest BCUT2D eigenvalue weighted by Gasteiger charge is -2.21. The van der Waals surface area contributed by atoms with Crippen molar-refractivity contribution in [2.75, 3.05) is 31.1 Å². The van der Waals surface area contributed by atoms with E-state index in [-0.39, 0.29) is 5.92 Å². The fourth-order valence-corrected chi connectivity index (χ4v) is 3.92. The molecule has 1 aliphatic carbocycles. The Kier molecular flexibility index (Phi) is 3.62. The predicted molar refractivity (Wildman–Crippen MR) is 85.1 cm³/mol. The average Bonchev–Trinajstić information content (AvgIpc) is 2.94. The van der Waals surface area contributed by atoms with Crippen molar-refractivity contribution in [3.63, 3.8) is 0 Å². The van der Waals surface area contributed by atoms with Crippen LogP contribution in [0, 0.1) is 5.92 Å². The van der Waals surface area contributed by atoms with Crippen molar-refractivity contribution in [1.29, 1.82) is 0 Å². The number of hydrogen-bond donors (Lipinski definition) is 0. The quantitative estimate of drug-likeness (QED) is 0.873. The summed E-state index contributed by atoms with van der Waals surface area (Å²) in [5, 5.41) is 3.07. The highest BCUT2D eigenvalue weighted by atomic mass is 32.1. The number of anilines is 1. The Labute approximate surface area is 133 Å². The number of thiazole rings is 1. The Bertz CT molecular complexity index is 626. The predicted octanol–water partition coefficient (Wildman–Crippen LogP) is 2.58. The van der Waals surface area contributed by atoms with Gasteiger partial charge in [0.2, 0.25) is 5.91 Å². The first-order chi connectivity index (χ1) is 10.8. The zero-order valence-electron chi connectivity index (χ0n) is 12.4. The van der Waals surface area contributed by atoms with Crippen LogP contribution in [0.15, 0.2) is 34.4 Å². The minimum Gasteiger partial charge on any atom is -0.469 e. The minimum atomic E-state index is 0.123. The van der Waals surface area contributed by atoms with Crippen LogP contribution in [0.1, 0.15) is 24.5 Å².